The van der Waals surface area contributed by atoms with Gasteiger partial charge in [0.1, 0.15) is 0 Å². The van der Waals surface area contributed by atoms with E-state index in [1.807, 2.05) is 19.1 Å². The molecule has 0 atom stereocenters. The number of allylic oxidation sites excluding steroid dienone is 4. The molecule has 0 saturated carbocycles. The number of rotatable bonds is 0. The molecule has 1 rings (SSSR count). The van der Waals surface area contributed by atoms with Gasteiger partial charge in [-0.25, -0.2) is 0 Å². The monoisotopic (exact) mass is 139 g/mol. The molecule has 1 aliphatic carbocycles. The van der Waals surface area contributed by atoms with Gasteiger partial charge in [0.15, 0.2) is 0 Å². The largest absolute Gasteiger partial charge is 0.304 e. The van der Waals surface area contributed by atoms with Gasteiger partial charge in [0.25, 0.3) is 0 Å². The standard InChI is InChI=1S/C7H9NS/c1-5-2-3-6(8)7(9)4-5/h2,4,8-9H,3H2,1H3. The minimum atomic E-state index is 0.615. The summed E-state index contributed by atoms with van der Waals surface area (Å²) in [5.74, 6) is 0. The molecule has 9 heavy (non-hydrogen) atoms. The third-order valence-corrected chi connectivity index (χ3v) is 1.70. The fourth-order valence-electron chi connectivity index (χ4n) is 0.729. The molecule has 0 bridgehead atoms. The van der Waals surface area contributed by atoms with Gasteiger partial charge in [0.2, 0.25) is 0 Å². The van der Waals surface area contributed by atoms with Crippen LogP contribution in [0.4, 0.5) is 0 Å². The summed E-state index contributed by atoms with van der Waals surface area (Å²) in [6.07, 6.45) is 4.68. The smallest absolute Gasteiger partial charge is 0.0484 e. The van der Waals surface area contributed by atoms with Crippen molar-refractivity contribution in [1.82, 2.24) is 0 Å². The molecule has 0 radical (unpaired) electrons. The summed E-state index contributed by atoms with van der Waals surface area (Å²) in [5.41, 5.74) is 1.82. The van der Waals surface area contributed by atoms with Gasteiger partial charge in [0, 0.05) is 17.0 Å². The zero-order chi connectivity index (χ0) is 6.85. The van der Waals surface area contributed by atoms with Crippen LogP contribution in [0.25, 0.3) is 0 Å². The minimum absolute atomic E-state index is 0.615. The fraction of sp³-hybridized carbons (Fsp3) is 0.286. The van der Waals surface area contributed by atoms with E-state index in [2.05, 4.69) is 12.6 Å². The fourth-order valence-corrected chi connectivity index (χ4v) is 1.02. The number of nitrogens with one attached hydrogen (secondary N) is 1. The second-order valence-electron chi connectivity index (χ2n) is 2.16. The topological polar surface area (TPSA) is 23.9 Å². The van der Waals surface area contributed by atoms with Crippen LogP contribution < -0.4 is 0 Å². The Morgan fingerprint density at radius 2 is 2.33 bits per heavy atom. The molecule has 0 spiro atoms. The van der Waals surface area contributed by atoms with Gasteiger partial charge in [-0.2, -0.15) is 0 Å². The van der Waals surface area contributed by atoms with Gasteiger partial charge >= 0.3 is 0 Å². The molecular weight excluding hydrogens is 130 g/mol. The van der Waals surface area contributed by atoms with E-state index in [1.54, 1.807) is 0 Å². The summed E-state index contributed by atoms with van der Waals surface area (Å²) < 4.78 is 0. The Hall–Kier alpha value is -0.500. The van der Waals surface area contributed by atoms with E-state index < -0.39 is 0 Å². The Bertz CT molecular complexity index is 201. The third kappa shape index (κ3) is 1.45. The maximum atomic E-state index is 7.30. The molecule has 0 amide bonds. The molecular formula is C7H9NS. The molecule has 0 aliphatic heterocycles. The van der Waals surface area contributed by atoms with Gasteiger partial charge < -0.3 is 5.41 Å². The van der Waals surface area contributed by atoms with Gasteiger partial charge in [-0.05, 0) is 13.0 Å². The molecule has 0 unspecified atom stereocenters. The highest BCUT2D eigenvalue weighted by atomic mass is 32.1. The molecule has 1 aliphatic rings. The maximum Gasteiger partial charge on any atom is 0.0484 e. The summed E-state index contributed by atoms with van der Waals surface area (Å²) in [6, 6.07) is 0. The van der Waals surface area contributed by atoms with Crippen molar-refractivity contribution in [3.63, 3.8) is 0 Å². The van der Waals surface area contributed by atoms with Gasteiger partial charge in [-0.1, -0.05) is 11.6 Å². The van der Waals surface area contributed by atoms with E-state index in [0.29, 0.717) is 5.71 Å². The van der Waals surface area contributed by atoms with Crippen molar-refractivity contribution in [2.75, 3.05) is 0 Å². The highest BCUT2D eigenvalue weighted by Gasteiger charge is 2.03. The van der Waals surface area contributed by atoms with Crippen LogP contribution in [0.15, 0.2) is 22.6 Å². The molecule has 2 heteroatoms. The van der Waals surface area contributed by atoms with Crippen molar-refractivity contribution in [2.45, 2.75) is 13.3 Å². The number of hydrogen-bond acceptors (Lipinski definition) is 2. The highest BCUT2D eigenvalue weighted by molar-refractivity contribution is 7.85. The third-order valence-electron chi connectivity index (χ3n) is 1.30. The molecule has 1 N–H and O–H groups in total. The Kier molecular flexibility index (Phi) is 1.76. The Labute approximate surface area is 60.4 Å². The summed E-state index contributed by atoms with van der Waals surface area (Å²) >= 11 is 4.11. The quantitative estimate of drug-likeness (QED) is 0.481. The average molecular weight is 139 g/mol. The molecule has 0 aromatic rings. The minimum Gasteiger partial charge on any atom is -0.304 e. The van der Waals surface area contributed by atoms with E-state index in [1.165, 1.54) is 5.57 Å². The summed E-state index contributed by atoms with van der Waals surface area (Å²) in [6.45, 7) is 2.02. The van der Waals surface area contributed by atoms with Crippen LogP contribution in [-0.4, -0.2) is 5.71 Å². The van der Waals surface area contributed by atoms with Crippen LogP contribution in [0.1, 0.15) is 13.3 Å². The lowest BCUT2D eigenvalue weighted by Crippen LogP contribution is -1.98. The highest BCUT2D eigenvalue weighted by Crippen LogP contribution is 2.15. The normalized spacial score (nSPS) is 19.1. The van der Waals surface area contributed by atoms with E-state index in [-0.39, 0.29) is 0 Å². The van der Waals surface area contributed by atoms with Crippen LogP contribution in [0.5, 0.6) is 0 Å². The predicted octanol–water partition coefficient (Wildman–Crippen LogP) is 2.17. The Morgan fingerprint density at radius 1 is 1.67 bits per heavy atom. The first-order chi connectivity index (χ1) is 4.20. The van der Waals surface area contributed by atoms with E-state index in [9.17, 15) is 0 Å². The Balaban J connectivity index is 2.87. The first-order valence-corrected chi connectivity index (χ1v) is 3.30. The van der Waals surface area contributed by atoms with Gasteiger partial charge in [0.05, 0.1) is 0 Å². The first-order valence-electron chi connectivity index (χ1n) is 2.85. The van der Waals surface area contributed by atoms with Gasteiger partial charge in [-0.3, -0.25) is 0 Å². The van der Waals surface area contributed by atoms with E-state index in [4.69, 9.17) is 5.41 Å². The lowest BCUT2D eigenvalue weighted by Gasteiger charge is -2.06. The van der Waals surface area contributed by atoms with E-state index in [0.717, 1.165) is 11.3 Å². The molecule has 0 heterocycles. The second-order valence-corrected chi connectivity index (χ2v) is 2.64. The summed E-state index contributed by atoms with van der Waals surface area (Å²) in [5, 5.41) is 7.30. The van der Waals surface area contributed by atoms with Crippen LogP contribution >= 0.6 is 12.6 Å². The molecule has 0 saturated heterocycles. The summed E-state index contributed by atoms with van der Waals surface area (Å²) in [7, 11) is 0. The van der Waals surface area contributed by atoms with Crippen molar-refractivity contribution in [2.24, 2.45) is 0 Å². The van der Waals surface area contributed by atoms with Crippen LogP contribution in [-0.2, 0) is 0 Å². The zero-order valence-electron chi connectivity index (χ0n) is 5.31. The van der Waals surface area contributed by atoms with Crippen LogP contribution in [0.3, 0.4) is 0 Å². The van der Waals surface area contributed by atoms with E-state index >= 15 is 0 Å². The molecule has 0 aromatic carbocycles. The average Bonchev–Trinajstić information content (AvgIpc) is 1.80. The lowest BCUT2D eigenvalue weighted by molar-refractivity contribution is 1.30. The van der Waals surface area contributed by atoms with Gasteiger partial charge in [-0.15, -0.1) is 12.6 Å². The lowest BCUT2D eigenvalue weighted by atomic mass is 10.1. The van der Waals surface area contributed by atoms with Crippen LogP contribution in [0.2, 0.25) is 0 Å². The maximum absolute atomic E-state index is 7.30. The molecule has 48 valence electrons. The van der Waals surface area contributed by atoms with Crippen LogP contribution in [0, 0.1) is 5.41 Å². The summed E-state index contributed by atoms with van der Waals surface area (Å²) in [4.78, 5) is 0.801. The molecule has 0 aromatic heterocycles. The Morgan fingerprint density at radius 3 is 2.78 bits per heavy atom. The SMILES string of the molecule is CC1=CCC(=N)C(S)=C1. The number of thiol groups is 1. The van der Waals surface area contributed by atoms with Crippen molar-refractivity contribution in [1.29, 1.82) is 5.41 Å². The second kappa shape index (κ2) is 2.40. The number of hydrogen-bond donors (Lipinski definition) is 2. The predicted molar refractivity (Wildman–Crippen MR) is 43.2 cm³/mol. The van der Waals surface area contributed by atoms with Crippen molar-refractivity contribution in [3.8, 4) is 0 Å². The molecule has 1 nitrogen and oxygen atoms in total. The van der Waals surface area contributed by atoms with Crippen molar-refractivity contribution >= 4 is 18.3 Å². The van der Waals surface area contributed by atoms with Crippen molar-refractivity contribution in [3.05, 3.63) is 22.6 Å². The van der Waals surface area contributed by atoms with Crippen molar-refractivity contribution < 1.29 is 0 Å². The first kappa shape index (κ1) is 6.62. The zero-order valence-corrected chi connectivity index (χ0v) is 6.20. The molecule has 0 fully saturated rings.